The van der Waals surface area contributed by atoms with Gasteiger partial charge in [0.05, 0.1) is 0 Å². The highest BCUT2D eigenvalue weighted by Crippen LogP contribution is 2.17. The molecule has 0 aliphatic carbocycles. The second kappa shape index (κ2) is 9.62. The molecule has 1 saturated heterocycles. The summed E-state index contributed by atoms with van der Waals surface area (Å²) in [5.41, 5.74) is 2.32. The molecule has 2 rings (SSSR count). The summed E-state index contributed by atoms with van der Waals surface area (Å²) in [6, 6.07) is 8.36. The number of benzene rings is 1. The highest BCUT2D eigenvalue weighted by atomic mass is 32.1. The van der Waals surface area contributed by atoms with Crippen molar-refractivity contribution in [3.8, 4) is 0 Å². The van der Waals surface area contributed by atoms with Gasteiger partial charge in [0.1, 0.15) is 0 Å². The SMILES string of the molecule is CC(C)c1ccc(NC(=S)NCCCN2CCCCCC2=O)cc1. The Kier molecular flexibility index (Phi) is 7.50. The summed E-state index contributed by atoms with van der Waals surface area (Å²) in [5, 5.41) is 7.06. The van der Waals surface area contributed by atoms with E-state index in [9.17, 15) is 4.79 Å². The van der Waals surface area contributed by atoms with E-state index in [1.54, 1.807) is 0 Å². The second-order valence-corrected chi connectivity index (χ2v) is 7.11. The van der Waals surface area contributed by atoms with Gasteiger partial charge in [0.25, 0.3) is 0 Å². The fraction of sp³-hybridized carbons (Fsp3) is 0.579. The number of nitrogens with one attached hydrogen (secondary N) is 2. The van der Waals surface area contributed by atoms with Crippen LogP contribution in [0.5, 0.6) is 0 Å². The van der Waals surface area contributed by atoms with Crippen LogP contribution in [-0.4, -0.2) is 35.6 Å². The fourth-order valence-corrected chi connectivity index (χ4v) is 3.09. The van der Waals surface area contributed by atoms with Gasteiger partial charge in [-0.1, -0.05) is 32.4 Å². The molecule has 1 aliphatic heterocycles. The Morgan fingerprint density at radius 1 is 1.21 bits per heavy atom. The molecule has 1 aromatic carbocycles. The van der Waals surface area contributed by atoms with Crippen LogP contribution in [0, 0.1) is 0 Å². The summed E-state index contributed by atoms with van der Waals surface area (Å²) < 4.78 is 0. The van der Waals surface area contributed by atoms with Crippen LogP contribution in [0.4, 0.5) is 5.69 Å². The summed E-state index contributed by atoms with van der Waals surface area (Å²) in [4.78, 5) is 13.9. The van der Waals surface area contributed by atoms with Gasteiger partial charge in [-0.15, -0.1) is 0 Å². The fourth-order valence-electron chi connectivity index (χ4n) is 2.87. The molecule has 2 N–H and O–H groups in total. The third-order valence-electron chi connectivity index (χ3n) is 4.40. The number of amides is 1. The quantitative estimate of drug-likeness (QED) is 0.605. The van der Waals surface area contributed by atoms with Gasteiger partial charge in [0, 0.05) is 31.7 Å². The standard InChI is InChI=1S/C19H29N3OS/c1-15(2)16-8-10-17(11-9-16)21-19(24)20-12-6-14-22-13-5-3-4-7-18(22)23/h8-11,15H,3-7,12-14H2,1-2H3,(H2,20,21,24). The molecule has 132 valence electrons. The van der Waals surface area contributed by atoms with E-state index in [4.69, 9.17) is 12.2 Å². The maximum Gasteiger partial charge on any atom is 0.222 e. The average molecular weight is 348 g/mol. The first-order valence-electron chi connectivity index (χ1n) is 8.99. The Labute approximate surface area is 151 Å². The van der Waals surface area contributed by atoms with Crippen molar-refractivity contribution in [1.29, 1.82) is 0 Å². The zero-order valence-corrected chi connectivity index (χ0v) is 15.6. The Morgan fingerprint density at radius 2 is 1.96 bits per heavy atom. The van der Waals surface area contributed by atoms with Gasteiger partial charge in [0.2, 0.25) is 5.91 Å². The molecule has 1 heterocycles. The minimum absolute atomic E-state index is 0.304. The molecule has 0 bridgehead atoms. The molecule has 0 aromatic heterocycles. The van der Waals surface area contributed by atoms with E-state index in [2.05, 4.69) is 48.7 Å². The summed E-state index contributed by atoms with van der Waals surface area (Å²) >= 11 is 5.33. The second-order valence-electron chi connectivity index (χ2n) is 6.70. The van der Waals surface area contributed by atoms with Crippen molar-refractivity contribution in [3.05, 3.63) is 29.8 Å². The minimum Gasteiger partial charge on any atom is -0.362 e. The van der Waals surface area contributed by atoms with E-state index in [-0.39, 0.29) is 0 Å². The maximum absolute atomic E-state index is 11.9. The van der Waals surface area contributed by atoms with Crippen LogP contribution >= 0.6 is 12.2 Å². The normalized spacial score (nSPS) is 15.3. The van der Waals surface area contributed by atoms with Crippen molar-refractivity contribution >= 4 is 28.9 Å². The number of likely N-dealkylation sites (tertiary alicyclic amines) is 1. The number of rotatable bonds is 6. The molecule has 4 nitrogen and oxygen atoms in total. The zero-order valence-electron chi connectivity index (χ0n) is 14.8. The van der Waals surface area contributed by atoms with E-state index in [0.29, 0.717) is 23.4 Å². The molecule has 0 atom stereocenters. The molecule has 0 spiro atoms. The highest BCUT2D eigenvalue weighted by Gasteiger charge is 2.15. The highest BCUT2D eigenvalue weighted by molar-refractivity contribution is 7.80. The number of carbonyl (C=O) groups is 1. The Bertz CT molecular complexity index is 542. The molecular weight excluding hydrogens is 318 g/mol. The molecule has 1 fully saturated rings. The molecule has 5 heteroatoms. The topological polar surface area (TPSA) is 44.4 Å². The van der Waals surface area contributed by atoms with Crippen molar-refractivity contribution < 1.29 is 4.79 Å². The van der Waals surface area contributed by atoms with E-state index in [1.807, 2.05) is 4.90 Å². The van der Waals surface area contributed by atoms with Crippen LogP contribution in [0.1, 0.15) is 57.4 Å². The monoisotopic (exact) mass is 347 g/mol. The first kappa shape index (κ1) is 18.7. The van der Waals surface area contributed by atoms with Crippen LogP contribution in [0.25, 0.3) is 0 Å². The van der Waals surface area contributed by atoms with Gasteiger partial charge in [-0.05, 0) is 55.1 Å². The lowest BCUT2D eigenvalue weighted by molar-refractivity contribution is -0.130. The summed E-state index contributed by atoms with van der Waals surface area (Å²) in [6.07, 6.45) is 4.96. The van der Waals surface area contributed by atoms with E-state index in [1.165, 1.54) is 12.0 Å². The first-order valence-corrected chi connectivity index (χ1v) is 9.39. The molecular formula is C19H29N3OS. The summed E-state index contributed by atoms with van der Waals surface area (Å²) in [5.74, 6) is 0.837. The predicted octanol–water partition coefficient (Wildman–Crippen LogP) is 3.89. The van der Waals surface area contributed by atoms with Crippen molar-refractivity contribution in [2.45, 2.75) is 51.9 Å². The Hall–Kier alpha value is -1.62. The van der Waals surface area contributed by atoms with Crippen LogP contribution < -0.4 is 10.6 Å². The van der Waals surface area contributed by atoms with Crippen LogP contribution in [0.2, 0.25) is 0 Å². The predicted molar refractivity (Wildman–Crippen MR) is 104 cm³/mol. The molecule has 1 aromatic rings. The number of anilines is 1. The third kappa shape index (κ3) is 6.11. The number of carbonyl (C=O) groups excluding carboxylic acids is 1. The van der Waals surface area contributed by atoms with Crippen LogP contribution in [0.3, 0.4) is 0 Å². The van der Waals surface area contributed by atoms with Gasteiger partial charge < -0.3 is 15.5 Å². The third-order valence-corrected chi connectivity index (χ3v) is 4.64. The lowest BCUT2D eigenvalue weighted by atomic mass is 10.0. The number of nitrogens with zero attached hydrogens (tertiary/aromatic N) is 1. The van der Waals surface area contributed by atoms with Gasteiger partial charge >= 0.3 is 0 Å². The van der Waals surface area contributed by atoms with Crippen LogP contribution in [0.15, 0.2) is 24.3 Å². The lowest BCUT2D eigenvalue weighted by Crippen LogP contribution is -2.35. The molecule has 1 amide bonds. The van der Waals surface area contributed by atoms with E-state index < -0.39 is 0 Å². The van der Waals surface area contributed by atoms with Crippen LogP contribution in [-0.2, 0) is 4.79 Å². The van der Waals surface area contributed by atoms with Crippen molar-refractivity contribution in [2.24, 2.45) is 0 Å². The van der Waals surface area contributed by atoms with Gasteiger partial charge in [-0.3, -0.25) is 4.79 Å². The first-order chi connectivity index (χ1) is 11.6. The summed E-state index contributed by atoms with van der Waals surface area (Å²) in [7, 11) is 0. The zero-order chi connectivity index (χ0) is 17.4. The Morgan fingerprint density at radius 3 is 2.67 bits per heavy atom. The molecule has 0 radical (unpaired) electrons. The summed E-state index contributed by atoms with van der Waals surface area (Å²) in [6.45, 7) is 6.87. The van der Waals surface area contributed by atoms with Gasteiger partial charge in [0.15, 0.2) is 5.11 Å². The smallest absolute Gasteiger partial charge is 0.222 e. The number of hydrogen-bond acceptors (Lipinski definition) is 2. The molecule has 0 unspecified atom stereocenters. The molecule has 24 heavy (non-hydrogen) atoms. The number of thiocarbonyl (C=S) groups is 1. The maximum atomic E-state index is 11.9. The molecule has 0 saturated carbocycles. The van der Waals surface area contributed by atoms with E-state index >= 15 is 0 Å². The van der Waals surface area contributed by atoms with Gasteiger partial charge in [-0.2, -0.15) is 0 Å². The Balaban J connectivity index is 1.66. The van der Waals surface area contributed by atoms with Gasteiger partial charge in [-0.25, -0.2) is 0 Å². The van der Waals surface area contributed by atoms with Crippen molar-refractivity contribution in [1.82, 2.24) is 10.2 Å². The minimum atomic E-state index is 0.304. The lowest BCUT2D eigenvalue weighted by Gasteiger charge is -2.20. The van der Waals surface area contributed by atoms with Crippen molar-refractivity contribution in [3.63, 3.8) is 0 Å². The van der Waals surface area contributed by atoms with E-state index in [0.717, 1.165) is 44.6 Å². The average Bonchev–Trinajstić information content (AvgIpc) is 2.76. The van der Waals surface area contributed by atoms with Crippen molar-refractivity contribution in [2.75, 3.05) is 25.0 Å². The largest absolute Gasteiger partial charge is 0.362 e. The number of hydrogen-bond donors (Lipinski definition) is 2. The molecule has 1 aliphatic rings.